The highest BCUT2D eigenvalue weighted by Crippen LogP contribution is 2.33. The fourth-order valence-corrected chi connectivity index (χ4v) is 4.75. The van der Waals surface area contributed by atoms with Crippen molar-refractivity contribution in [2.75, 3.05) is 6.54 Å². The molecule has 5 nitrogen and oxygen atoms in total. The summed E-state index contributed by atoms with van der Waals surface area (Å²) in [5, 5.41) is 13.3. The van der Waals surface area contributed by atoms with Crippen molar-refractivity contribution in [2.45, 2.75) is 11.4 Å². The van der Waals surface area contributed by atoms with E-state index in [9.17, 15) is 13.5 Å². The van der Waals surface area contributed by atoms with Crippen molar-refractivity contribution >= 4 is 33.0 Å². The molecule has 0 aliphatic heterocycles. The zero-order valence-corrected chi connectivity index (χ0v) is 15.4. The van der Waals surface area contributed by atoms with E-state index < -0.39 is 15.6 Å². The highest BCUT2D eigenvalue weighted by molar-refractivity contribution is 7.88. The highest BCUT2D eigenvalue weighted by atomic mass is 35.5. The first-order valence-corrected chi connectivity index (χ1v) is 10.3. The van der Waals surface area contributed by atoms with Crippen LogP contribution in [0.2, 0.25) is 5.02 Å². The molecule has 0 aliphatic carbocycles. The standard InChI is InChI=1S/C17H16ClNO4S2/c18-15-5-2-1-4-13(15)11-25(21,22)19-12-17(20,14-7-8-23-10-14)16-6-3-9-24-16/h1-10,19-20H,11-12H2/t17-/m1/s1. The average molecular weight is 398 g/mol. The normalized spacial score (nSPS) is 14.3. The van der Waals surface area contributed by atoms with Crippen LogP contribution in [0.4, 0.5) is 0 Å². The summed E-state index contributed by atoms with van der Waals surface area (Å²) >= 11 is 7.37. The van der Waals surface area contributed by atoms with Crippen molar-refractivity contribution in [1.82, 2.24) is 4.72 Å². The number of thiophene rings is 1. The van der Waals surface area contributed by atoms with E-state index in [1.165, 1.54) is 23.9 Å². The number of nitrogens with one attached hydrogen (secondary N) is 1. The fraction of sp³-hybridized carbons (Fsp3) is 0.176. The Hall–Kier alpha value is -1.64. The van der Waals surface area contributed by atoms with Crippen LogP contribution in [0.5, 0.6) is 0 Å². The number of furan rings is 1. The molecule has 0 spiro atoms. The van der Waals surface area contributed by atoms with Crippen LogP contribution in [-0.2, 0) is 21.4 Å². The maximum absolute atomic E-state index is 12.4. The molecule has 0 bridgehead atoms. The number of halogens is 1. The van der Waals surface area contributed by atoms with Crippen molar-refractivity contribution in [2.24, 2.45) is 0 Å². The predicted octanol–water partition coefficient (Wildman–Crippen LogP) is 3.35. The number of rotatable bonds is 7. The van der Waals surface area contributed by atoms with Gasteiger partial charge in [-0.05, 0) is 29.1 Å². The summed E-state index contributed by atoms with van der Waals surface area (Å²) in [5.74, 6) is -0.265. The molecule has 2 heterocycles. The summed E-state index contributed by atoms with van der Waals surface area (Å²) in [7, 11) is -3.69. The van der Waals surface area contributed by atoms with Gasteiger partial charge in [0, 0.05) is 22.0 Å². The van der Waals surface area contributed by atoms with Gasteiger partial charge in [0.15, 0.2) is 0 Å². The van der Waals surface area contributed by atoms with Gasteiger partial charge >= 0.3 is 0 Å². The Balaban J connectivity index is 1.81. The number of sulfonamides is 1. The van der Waals surface area contributed by atoms with E-state index in [1.807, 2.05) is 5.38 Å². The lowest BCUT2D eigenvalue weighted by molar-refractivity contribution is 0.0891. The van der Waals surface area contributed by atoms with Crippen LogP contribution in [0.3, 0.4) is 0 Å². The molecule has 0 fully saturated rings. The second kappa shape index (κ2) is 7.31. The maximum Gasteiger partial charge on any atom is 0.215 e. The van der Waals surface area contributed by atoms with E-state index >= 15 is 0 Å². The number of benzene rings is 1. The van der Waals surface area contributed by atoms with Gasteiger partial charge in [-0.2, -0.15) is 0 Å². The number of hydrogen-bond donors (Lipinski definition) is 2. The molecule has 1 aromatic carbocycles. The van der Waals surface area contributed by atoms with Gasteiger partial charge in [0.05, 0.1) is 18.3 Å². The average Bonchev–Trinajstić information content (AvgIpc) is 3.28. The van der Waals surface area contributed by atoms with Crippen molar-refractivity contribution in [1.29, 1.82) is 0 Å². The first-order valence-electron chi connectivity index (χ1n) is 7.40. The van der Waals surface area contributed by atoms with Crippen molar-refractivity contribution in [3.63, 3.8) is 0 Å². The predicted molar refractivity (Wildman–Crippen MR) is 98.1 cm³/mol. The summed E-state index contributed by atoms with van der Waals surface area (Å²) in [5.41, 5.74) is -0.524. The third-order valence-electron chi connectivity index (χ3n) is 3.78. The van der Waals surface area contributed by atoms with E-state index in [4.69, 9.17) is 16.0 Å². The van der Waals surface area contributed by atoms with Gasteiger partial charge in [0.2, 0.25) is 10.0 Å². The largest absolute Gasteiger partial charge is 0.472 e. The van der Waals surface area contributed by atoms with Crippen molar-refractivity contribution in [3.05, 3.63) is 81.4 Å². The Morgan fingerprint density at radius 1 is 1.20 bits per heavy atom. The quantitative estimate of drug-likeness (QED) is 0.640. The van der Waals surface area contributed by atoms with Crippen LogP contribution in [0.25, 0.3) is 0 Å². The fourth-order valence-electron chi connectivity index (χ4n) is 2.43. The van der Waals surface area contributed by atoms with E-state index in [1.54, 1.807) is 42.5 Å². The van der Waals surface area contributed by atoms with Crippen molar-refractivity contribution in [3.8, 4) is 0 Å². The zero-order valence-electron chi connectivity index (χ0n) is 13.1. The van der Waals surface area contributed by atoms with E-state index in [0.29, 0.717) is 21.0 Å². The molecule has 8 heteroatoms. The molecule has 0 saturated carbocycles. The number of hydrogen-bond acceptors (Lipinski definition) is 5. The minimum atomic E-state index is -3.69. The molecule has 0 aliphatic rings. The Morgan fingerprint density at radius 3 is 2.64 bits per heavy atom. The lowest BCUT2D eigenvalue weighted by Crippen LogP contribution is -2.41. The third kappa shape index (κ3) is 4.13. The van der Waals surface area contributed by atoms with Crippen LogP contribution in [0.15, 0.2) is 64.8 Å². The van der Waals surface area contributed by atoms with Crippen LogP contribution < -0.4 is 4.72 Å². The monoisotopic (exact) mass is 397 g/mol. The highest BCUT2D eigenvalue weighted by Gasteiger charge is 2.35. The molecule has 0 amide bonds. The SMILES string of the molecule is O=S(=O)(Cc1ccccc1Cl)NC[C@@](O)(c1ccoc1)c1cccs1. The zero-order chi connectivity index (χ0) is 17.9. The van der Waals surface area contributed by atoms with Gasteiger partial charge in [-0.3, -0.25) is 0 Å². The summed E-state index contributed by atoms with van der Waals surface area (Å²) in [6, 6.07) is 11.9. The molecule has 132 valence electrons. The van der Waals surface area contributed by atoms with Crippen molar-refractivity contribution < 1.29 is 17.9 Å². The van der Waals surface area contributed by atoms with Gasteiger partial charge in [0.25, 0.3) is 0 Å². The summed E-state index contributed by atoms with van der Waals surface area (Å²) < 4.78 is 32.4. The Labute approximate surface area is 154 Å². The molecule has 1 atom stereocenters. The molecule has 2 N–H and O–H groups in total. The molecule has 2 aromatic heterocycles. The Morgan fingerprint density at radius 2 is 2.00 bits per heavy atom. The molecule has 3 rings (SSSR count). The lowest BCUT2D eigenvalue weighted by atomic mass is 9.95. The summed E-state index contributed by atoms with van der Waals surface area (Å²) in [6.45, 7) is -0.208. The van der Waals surface area contributed by atoms with Gasteiger partial charge in [0.1, 0.15) is 5.60 Å². The second-order valence-electron chi connectivity index (χ2n) is 5.52. The Bertz CT molecular complexity index is 887. The summed E-state index contributed by atoms with van der Waals surface area (Å²) in [6.07, 6.45) is 2.84. The molecular weight excluding hydrogens is 382 g/mol. The topological polar surface area (TPSA) is 79.5 Å². The minimum absolute atomic E-state index is 0.208. The van der Waals surface area contributed by atoms with Gasteiger partial charge in [-0.25, -0.2) is 13.1 Å². The molecule has 25 heavy (non-hydrogen) atoms. The van der Waals surface area contributed by atoms with E-state index in [2.05, 4.69) is 4.72 Å². The van der Waals surface area contributed by atoms with Gasteiger partial charge < -0.3 is 9.52 Å². The molecule has 0 saturated heterocycles. The second-order valence-corrected chi connectivity index (χ2v) is 8.68. The molecule has 0 radical (unpaired) electrons. The third-order valence-corrected chi connectivity index (χ3v) is 6.44. The van der Waals surface area contributed by atoms with Crippen LogP contribution in [-0.4, -0.2) is 20.1 Å². The van der Waals surface area contributed by atoms with E-state index in [0.717, 1.165) is 0 Å². The van der Waals surface area contributed by atoms with Crippen LogP contribution >= 0.6 is 22.9 Å². The summed E-state index contributed by atoms with van der Waals surface area (Å²) in [4.78, 5) is 0.620. The smallest absolute Gasteiger partial charge is 0.215 e. The minimum Gasteiger partial charge on any atom is -0.472 e. The number of aliphatic hydroxyl groups is 1. The van der Waals surface area contributed by atoms with Crippen LogP contribution in [0.1, 0.15) is 16.0 Å². The van der Waals surface area contributed by atoms with Gasteiger partial charge in [-0.15, -0.1) is 11.3 Å². The molecular formula is C17H16ClNO4S2. The Kier molecular flexibility index (Phi) is 5.31. The first-order chi connectivity index (χ1) is 11.9. The van der Waals surface area contributed by atoms with E-state index in [-0.39, 0.29) is 12.3 Å². The first kappa shape index (κ1) is 18.2. The van der Waals surface area contributed by atoms with Crippen LogP contribution in [0, 0.1) is 0 Å². The lowest BCUT2D eigenvalue weighted by Gasteiger charge is -2.26. The maximum atomic E-state index is 12.4. The van der Waals surface area contributed by atoms with Gasteiger partial charge in [-0.1, -0.05) is 35.9 Å². The molecule has 3 aromatic rings. The molecule has 0 unspecified atom stereocenters.